The van der Waals surface area contributed by atoms with Crippen LogP contribution in [0.15, 0.2) is 66.7 Å². The number of halogens is 1. The number of fused-ring (bicyclic) bond motifs is 2. The summed E-state index contributed by atoms with van der Waals surface area (Å²) in [6.07, 6.45) is 0. The molecule has 5 rings (SSSR count). The molecular weight excluding hydrogens is 449 g/mol. The fraction of sp³-hybridized carbons (Fsp3) is 0.259. The van der Waals surface area contributed by atoms with E-state index in [1.165, 1.54) is 23.9 Å². The van der Waals surface area contributed by atoms with Gasteiger partial charge in [-0.25, -0.2) is 9.18 Å². The van der Waals surface area contributed by atoms with Gasteiger partial charge in [0.1, 0.15) is 5.82 Å². The first-order chi connectivity index (χ1) is 16.4. The molecule has 2 aliphatic rings. The molecule has 0 saturated carbocycles. The smallest absolute Gasteiger partial charge is 0.319 e. The summed E-state index contributed by atoms with van der Waals surface area (Å²) in [7, 11) is 0. The lowest BCUT2D eigenvalue weighted by Gasteiger charge is -2.33. The number of amides is 3. The van der Waals surface area contributed by atoms with Gasteiger partial charge in [-0.05, 0) is 43.2 Å². The molecule has 0 bridgehead atoms. The minimum Gasteiger partial charge on any atom is -0.334 e. The van der Waals surface area contributed by atoms with E-state index in [1.807, 2.05) is 56.3 Å². The van der Waals surface area contributed by atoms with Gasteiger partial charge in [0.25, 0.3) is 5.91 Å². The number of benzene rings is 3. The summed E-state index contributed by atoms with van der Waals surface area (Å²) in [5.74, 6) is 0.221. The molecule has 1 unspecified atom stereocenters. The number of carbonyl (C=O) groups excluding carboxylic acids is 2. The Balaban J connectivity index is 1.46. The Morgan fingerprint density at radius 1 is 1.03 bits per heavy atom. The zero-order valence-electron chi connectivity index (χ0n) is 19.2. The number of carbonyl (C=O) groups is 2. The molecule has 1 atom stereocenters. The lowest BCUT2D eigenvalue weighted by Crippen LogP contribution is -2.53. The molecule has 1 saturated heterocycles. The van der Waals surface area contributed by atoms with E-state index in [9.17, 15) is 14.0 Å². The van der Waals surface area contributed by atoms with Crippen molar-refractivity contribution in [3.05, 3.63) is 100 Å². The number of urea groups is 1. The van der Waals surface area contributed by atoms with Gasteiger partial charge in [0.05, 0.1) is 12.2 Å². The first kappa shape index (κ1) is 22.5. The zero-order chi connectivity index (χ0) is 23.9. The van der Waals surface area contributed by atoms with Gasteiger partial charge in [0, 0.05) is 24.4 Å². The molecule has 3 amide bonds. The predicted octanol–water partition coefficient (Wildman–Crippen LogP) is 5.10. The van der Waals surface area contributed by atoms with Crippen LogP contribution in [0.1, 0.15) is 27.8 Å². The average Bonchev–Trinajstić information content (AvgIpc) is 3.36. The third-order valence-electron chi connectivity index (χ3n) is 6.37. The molecule has 34 heavy (non-hydrogen) atoms. The van der Waals surface area contributed by atoms with Crippen molar-refractivity contribution in [2.75, 3.05) is 17.2 Å². The fourth-order valence-corrected chi connectivity index (χ4v) is 6.21. The van der Waals surface area contributed by atoms with E-state index in [-0.39, 0.29) is 17.8 Å². The molecule has 0 aromatic heterocycles. The average molecular weight is 476 g/mol. The maximum absolute atomic E-state index is 14.0. The van der Waals surface area contributed by atoms with E-state index < -0.39 is 4.87 Å². The molecule has 2 aliphatic heterocycles. The molecule has 7 heteroatoms. The number of hydrogen-bond acceptors (Lipinski definition) is 3. The van der Waals surface area contributed by atoms with Crippen LogP contribution in [0.2, 0.25) is 0 Å². The maximum atomic E-state index is 14.0. The number of nitrogens with zero attached hydrogens (tertiary/aromatic N) is 2. The van der Waals surface area contributed by atoms with Gasteiger partial charge in [-0.3, -0.25) is 9.69 Å². The number of hydrogen-bond donors (Lipinski definition) is 1. The second kappa shape index (κ2) is 8.80. The van der Waals surface area contributed by atoms with Gasteiger partial charge in [0.2, 0.25) is 0 Å². The van der Waals surface area contributed by atoms with Crippen LogP contribution in [0.4, 0.5) is 14.9 Å². The van der Waals surface area contributed by atoms with Crippen molar-refractivity contribution >= 4 is 29.4 Å². The second-order valence-electron chi connectivity index (χ2n) is 8.83. The Morgan fingerprint density at radius 2 is 1.79 bits per heavy atom. The van der Waals surface area contributed by atoms with Gasteiger partial charge < -0.3 is 10.2 Å². The first-order valence-electron chi connectivity index (χ1n) is 11.3. The summed E-state index contributed by atoms with van der Waals surface area (Å²) in [5, 5.41) is 3.02. The fourth-order valence-electron chi connectivity index (χ4n) is 4.75. The summed E-state index contributed by atoms with van der Waals surface area (Å²) < 4.78 is 13.4. The van der Waals surface area contributed by atoms with Crippen molar-refractivity contribution in [1.82, 2.24) is 10.2 Å². The topological polar surface area (TPSA) is 52.7 Å². The third-order valence-corrected chi connectivity index (χ3v) is 7.79. The Labute approximate surface area is 202 Å². The molecule has 1 spiro atoms. The second-order valence-corrected chi connectivity index (χ2v) is 10.1. The van der Waals surface area contributed by atoms with Gasteiger partial charge in [-0.15, -0.1) is 11.8 Å². The Morgan fingerprint density at radius 3 is 2.56 bits per heavy atom. The van der Waals surface area contributed by atoms with Crippen LogP contribution in [0, 0.1) is 19.7 Å². The van der Waals surface area contributed by atoms with Crippen LogP contribution in [-0.4, -0.2) is 29.1 Å². The largest absolute Gasteiger partial charge is 0.334 e. The van der Waals surface area contributed by atoms with E-state index in [2.05, 4.69) is 5.32 Å². The highest BCUT2D eigenvalue weighted by Crippen LogP contribution is 2.54. The Kier molecular flexibility index (Phi) is 5.81. The lowest BCUT2D eigenvalue weighted by molar-refractivity contribution is -0.123. The minimum atomic E-state index is -1.10. The first-order valence-corrected chi connectivity index (χ1v) is 12.3. The van der Waals surface area contributed by atoms with Crippen molar-refractivity contribution in [2.45, 2.75) is 31.8 Å². The summed E-state index contributed by atoms with van der Waals surface area (Å²) in [6, 6.07) is 19.9. The van der Waals surface area contributed by atoms with Crippen LogP contribution in [0.3, 0.4) is 0 Å². The van der Waals surface area contributed by atoms with Crippen LogP contribution < -0.4 is 10.2 Å². The zero-order valence-corrected chi connectivity index (χ0v) is 20.0. The molecule has 2 heterocycles. The van der Waals surface area contributed by atoms with Crippen LogP contribution in [0.25, 0.3) is 0 Å². The van der Waals surface area contributed by atoms with Crippen LogP contribution >= 0.6 is 11.8 Å². The number of thioether (sulfide) groups is 1. The number of anilines is 1. The third kappa shape index (κ3) is 3.84. The van der Waals surface area contributed by atoms with Crippen molar-refractivity contribution < 1.29 is 14.0 Å². The van der Waals surface area contributed by atoms with Crippen LogP contribution in [0.5, 0.6) is 0 Å². The van der Waals surface area contributed by atoms with Crippen molar-refractivity contribution in [1.29, 1.82) is 0 Å². The number of nitrogens with one attached hydrogen (secondary N) is 1. The quantitative estimate of drug-likeness (QED) is 0.571. The van der Waals surface area contributed by atoms with Crippen molar-refractivity contribution in [3.8, 4) is 0 Å². The molecule has 3 aromatic carbocycles. The van der Waals surface area contributed by atoms with Gasteiger partial charge in [-0.1, -0.05) is 59.7 Å². The standard InChI is InChI=1S/C27H26FN3O2S/c1-18-4-3-5-21(14-18)16-29-26(33)31-12-13-34-27(31)23-15-19(2)6-11-24(23)30(25(27)32)17-20-7-9-22(28)10-8-20/h3-11,14-15H,12-13,16-17H2,1-2H3,(H,29,33). The molecule has 0 radical (unpaired) electrons. The van der Waals surface area contributed by atoms with E-state index in [1.54, 1.807) is 21.9 Å². The minimum absolute atomic E-state index is 0.134. The molecule has 0 aliphatic carbocycles. The SMILES string of the molecule is Cc1cccc(CNC(=O)N2CCSC23C(=O)N(Cc2ccc(F)cc2)c2ccc(C)cc23)c1. The highest BCUT2D eigenvalue weighted by Gasteiger charge is 2.59. The van der Waals surface area contributed by atoms with E-state index in [0.717, 1.165) is 33.5 Å². The summed E-state index contributed by atoms with van der Waals surface area (Å²) in [5.41, 5.74) is 5.64. The van der Waals surface area contributed by atoms with Crippen molar-refractivity contribution in [2.24, 2.45) is 0 Å². The van der Waals surface area contributed by atoms with Gasteiger partial charge in [0.15, 0.2) is 4.87 Å². The summed E-state index contributed by atoms with van der Waals surface area (Å²) in [6.45, 7) is 5.20. The lowest BCUT2D eigenvalue weighted by atomic mass is 10.0. The van der Waals surface area contributed by atoms with Crippen LogP contribution in [-0.2, 0) is 22.8 Å². The summed E-state index contributed by atoms with van der Waals surface area (Å²) >= 11 is 1.50. The number of aryl methyl sites for hydroxylation is 2. The molecule has 174 valence electrons. The number of rotatable bonds is 4. The van der Waals surface area contributed by atoms with Gasteiger partial charge >= 0.3 is 6.03 Å². The Hall–Kier alpha value is -3.32. The molecule has 1 N–H and O–H groups in total. The molecule has 3 aromatic rings. The van der Waals surface area contributed by atoms with E-state index >= 15 is 0 Å². The summed E-state index contributed by atoms with van der Waals surface area (Å²) in [4.78, 5) is 29.7. The normalized spacial score (nSPS) is 19.1. The van der Waals surface area contributed by atoms with Gasteiger partial charge in [-0.2, -0.15) is 0 Å². The monoisotopic (exact) mass is 475 g/mol. The highest BCUT2D eigenvalue weighted by atomic mass is 32.2. The highest BCUT2D eigenvalue weighted by molar-refractivity contribution is 8.01. The maximum Gasteiger partial charge on any atom is 0.319 e. The molecular formula is C27H26FN3O2S. The molecule has 5 nitrogen and oxygen atoms in total. The predicted molar refractivity (Wildman–Crippen MR) is 133 cm³/mol. The van der Waals surface area contributed by atoms with E-state index in [4.69, 9.17) is 0 Å². The molecule has 1 fully saturated rings. The Bertz CT molecular complexity index is 1260. The van der Waals surface area contributed by atoms with Crippen molar-refractivity contribution in [3.63, 3.8) is 0 Å². The van der Waals surface area contributed by atoms with E-state index in [0.29, 0.717) is 25.4 Å².